The van der Waals surface area contributed by atoms with Gasteiger partial charge in [0.1, 0.15) is 12.1 Å². The molecular formula is C13H22N4O4. The number of hydrogen-bond acceptors (Lipinski definition) is 4. The van der Waals surface area contributed by atoms with E-state index in [1.807, 2.05) is 4.90 Å². The van der Waals surface area contributed by atoms with Crippen molar-refractivity contribution in [3.63, 3.8) is 0 Å². The fourth-order valence-electron chi connectivity index (χ4n) is 2.68. The largest absolute Gasteiger partial charge is 0.480 e. The predicted molar refractivity (Wildman–Crippen MR) is 74.8 cm³/mol. The van der Waals surface area contributed by atoms with Gasteiger partial charge in [0.2, 0.25) is 5.91 Å². The first-order chi connectivity index (χ1) is 9.91. The van der Waals surface area contributed by atoms with E-state index in [0.29, 0.717) is 39.3 Å². The number of rotatable bonds is 2. The number of carboxylic acid groups (broad SMARTS) is 1. The second-order valence-electron chi connectivity index (χ2n) is 5.48. The number of urea groups is 1. The molecule has 2 atom stereocenters. The molecule has 0 aromatic carbocycles. The highest BCUT2D eigenvalue weighted by Crippen LogP contribution is 2.12. The molecule has 2 unspecified atom stereocenters. The van der Waals surface area contributed by atoms with E-state index in [4.69, 9.17) is 5.11 Å². The van der Waals surface area contributed by atoms with Gasteiger partial charge in [-0.05, 0) is 13.8 Å². The Balaban J connectivity index is 1.91. The fourth-order valence-corrected chi connectivity index (χ4v) is 2.68. The number of nitrogens with one attached hydrogen (secondary N) is 1. The third-order valence-electron chi connectivity index (χ3n) is 4.23. The molecule has 21 heavy (non-hydrogen) atoms. The van der Waals surface area contributed by atoms with Crippen molar-refractivity contribution in [1.82, 2.24) is 20.0 Å². The number of piperazine rings is 2. The van der Waals surface area contributed by atoms with Crippen molar-refractivity contribution in [2.45, 2.75) is 25.9 Å². The van der Waals surface area contributed by atoms with Crippen LogP contribution in [0, 0.1) is 0 Å². The Morgan fingerprint density at radius 3 is 2.43 bits per heavy atom. The molecule has 0 spiro atoms. The van der Waals surface area contributed by atoms with Crippen LogP contribution < -0.4 is 5.32 Å². The SMILES string of the molecule is CC(C(=O)O)N1CCN(C(=O)N2CCNC(=O)C2C)CC1. The highest BCUT2D eigenvalue weighted by Gasteiger charge is 2.34. The van der Waals surface area contributed by atoms with E-state index in [-0.39, 0.29) is 11.9 Å². The van der Waals surface area contributed by atoms with Crippen LogP contribution in [-0.2, 0) is 9.59 Å². The van der Waals surface area contributed by atoms with Crippen LogP contribution in [0.2, 0.25) is 0 Å². The third-order valence-corrected chi connectivity index (χ3v) is 4.23. The van der Waals surface area contributed by atoms with Gasteiger partial charge in [-0.25, -0.2) is 4.79 Å². The van der Waals surface area contributed by atoms with Crippen LogP contribution in [0.3, 0.4) is 0 Å². The molecule has 0 radical (unpaired) electrons. The molecule has 118 valence electrons. The van der Waals surface area contributed by atoms with Gasteiger partial charge in [0.25, 0.3) is 0 Å². The van der Waals surface area contributed by atoms with Gasteiger partial charge in [-0.15, -0.1) is 0 Å². The molecule has 2 fully saturated rings. The molecule has 0 saturated carbocycles. The van der Waals surface area contributed by atoms with Crippen LogP contribution in [0.1, 0.15) is 13.8 Å². The molecule has 8 nitrogen and oxygen atoms in total. The zero-order valence-electron chi connectivity index (χ0n) is 12.4. The van der Waals surface area contributed by atoms with Crippen molar-refractivity contribution < 1.29 is 19.5 Å². The monoisotopic (exact) mass is 298 g/mol. The third kappa shape index (κ3) is 3.26. The summed E-state index contributed by atoms with van der Waals surface area (Å²) < 4.78 is 0. The van der Waals surface area contributed by atoms with Crippen LogP contribution in [0.15, 0.2) is 0 Å². The average Bonchev–Trinajstić information content (AvgIpc) is 2.48. The summed E-state index contributed by atoms with van der Waals surface area (Å²) in [5.74, 6) is -0.983. The summed E-state index contributed by atoms with van der Waals surface area (Å²) in [6.07, 6.45) is 0. The lowest BCUT2D eigenvalue weighted by Crippen LogP contribution is -2.61. The number of aliphatic carboxylic acids is 1. The fraction of sp³-hybridized carbons (Fsp3) is 0.769. The van der Waals surface area contributed by atoms with E-state index >= 15 is 0 Å². The van der Waals surface area contributed by atoms with Crippen molar-refractivity contribution in [2.75, 3.05) is 39.3 Å². The lowest BCUT2D eigenvalue weighted by molar-refractivity contribution is -0.143. The van der Waals surface area contributed by atoms with Gasteiger partial charge < -0.3 is 20.2 Å². The summed E-state index contributed by atoms with van der Waals surface area (Å²) in [4.78, 5) is 40.2. The molecule has 2 aliphatic heterocycles. The highest BCUT2D eigenvalue weighted by molar-refractivity contribution is 5.88. The van der Waals surface area contributed by atoms with Gasteiger partial charge in [-0.1, -0.05) is 0 Å². The molecule has 2 N–H and O–H groups in total. The molecule has 0 aliphatic carbocycles. The van der Waals surface area contributed by atoms with Crippen molar-refractivity contribution in [1.29, 1.82) is 0 Å². The van der Waals surface area contributed by atoms with Crippen LogP contribution >= 0.6 is 0 Å². The number of carboxylic acids is 1. The van der Waals surface area contributed by atoms with Gasteiger partial charge in [-0.3, -0.25) is 14.5 Å². The van der Waals surface area contributed by atoms with E-state index in [2.05, 4.69) is 5.32 Å². The maximum Gasteiger partial charge on any atom is 0.320 e. The Kier molecular flexibility index (Phi) is 4.66. The van der Waals surface area contributed by atoms with Gasteiger partial charge >= 0.3 is 12.0 Å². The number of carbonyl (C=O) groups is 3. The number of carbonyl (C=O) groups excluding carboxylic acids is 2. The second-order valence-corrected chi connectivity index (χ2v) is 5.48. The Hall–Kier alpha value is -1.83. The minimum absolute atomic E-state index is 0.132. The standard InChI is InChI=1S/C13H22N4O4/c1-9-11(18)14-3-4-17(9)13(21)16-7-5-15(6-8-16)10(2)12(19)20/h9-10H,3-8H2,1-2H3,(H,14,18)(H,19,20). The van der Waals surface area contributed by atoms with E-state index in [0.717, 1.165) is 0 Å². The maximum absolute atomic E-state index is 12.5. The average molecular weight is 298 g/mol. The smallest absolute Gasteiger partial charge is 0.320 e. The predicted octanol–water partition coefficient (Wildman–Crippen LogP) is -0.983. The molecule has 2 saturated heterocycles. The summed E-state index contributed by atoms with van der Waals surface area (Å²) in [5, 5.41) is 11.7. The topological polar surface area (TPSA) is 93.2 Å². The van der Waals surface area contributed by atoms with Crippen molar-refractivity contribution >= 4 is 17.9 Å². The van der Waals surface area contributed by atoms with Gasteiger partial charge in [0, 0.05) is 39.3 Å². The van der Waals surface area contributed by atoms with Crippen molar-refractivity contribution in [2.24, 2.45) is 0 Å². The van der Waals surface area contributed by atoms with E-state index in [1.54, 1.807) is 23.6 Å². The summed E-state index contributed by atoms with van der Waals surface area (Å²) in [6, 6.07) is -1.14. The van der Waals surface area contributed by atoms with E-state index in [1.165, 1.54) is 0 Å². The van der Waals surface area contributed by atoms with Gasteiger partial charge in [0.15, 0.2) is 0 Å². The molecule has 2 rings (SSSR count). The molecule has 3 amide bonds. The van der Waals surface area contributed by atoms with E-state index < -0.39 is 18.1 Å². The molecule has 0 aromatic rings. The van der Waals surface area contributed by atoms with Crippen LogP contribution in [0.4, 0.5) is 4.79 Å². The quantitative estimate of drug-likeness (QED) is 0.683. The first kappa shape index (κ1) is 15.6. The molecule has 8 heteroatoms. The summed E-state index contributed by atoms with van der Waals surface area (Å²) in [6.45, 7) is 6.40. The summed E-state index contributed by atoms with van der Waals surface area (Å²) in [7, 11) is 0. The number of amides is 3. The molecule has 0 aromatic heterocycles. The Bertz CT molecular complexity index is 434. The first-order valence-electron chi connectivity index (χ1n) is 7.22. The normalized spacial score (nSPS) is 25.4. The van der Waals surface area contributed by atoms with Gasteiger partial charge in [0.05, 0.1) is 0 Å². The molecular weight excluding hydrogens is 276 g/mol. The number of nitrogens with zero attached hydrogens (tertiary/aromatic N) is 3. The van der Waals surface area contributed by atoms with Crippen LogP contribution in [0.5, 0.6) is 0 Å². The zero-order valence-corrected chi connectivity index (χ0v) is 12.4. The van der Waals surface area contributed by atoms with Gasteiger partial charge in [-0.2, -0.15) is 0 Å². The van der Waals surface area contributed by atoms with Crippen LogP contribution in [0.25, 0.3) is 0 Å². The molecule has 2 aliphatic rings. The van der Waals surface area contributed by atoms with Crippen LogP contribution in [-0.4, -0.2) is 89.1 Å². The first-order valence-corrected chi connectivity index (χ1v) is 7.22. The zero-order chi connectivity index (χ0) is 15.6. The Morgan fingerprint density at radius 1 is 1.24 bits per heavy atom. The Morgan fingerprint density at radius 2 is 1.86 bits per heavy atom. The second kappa shape index (κ2) is 6.30. The van der Waals surface area contributed by atoms with E-state index in [9.17, 15) is 14.4 Å². The lowest BCUT2D eigenvalue weighted by Gasteiger charge is -2.41. The minimum atomic E-state index is -0.851. The highest BCUT2D eigenvalue weighted by atomic mass is 16.4. The maximum atomic E-state index is 12.5. The van der Waals surface area contributed by atoms with Crippen molar-refractivity contribution in [3.8, 4) is 0 Å². The molecule has 0 bridgehead atoms. The lowest BCUT2D eigenvalue weighted by atomic mass is 10.2. The Labute approximate surface area is 123 Å². The summed E-state index contributed by atoms with van der Waals surface area (Å²) >= 11 is 0. The minimum Gasteiger partial charge on any atom is -0.480 e. The summed E-state index contributed by atoms with van der Waals surface area (Å²) in [5.41, 5.74) is 0. The molecule has 2 heterocycles. The van der Waals surface area contributed by atoms with Crippen molar-refractivity contribution in [3.05, 3.63) is 0 Å². The number of hydrogen-bond donors (Lipinski definition) is 2.